The van der Waals surface area contributed by atoms with E-state index in [4.69, 9.17) is 9.15 Å². The number of benzene rings is 2. The molecule has 1 amide bonds. The van der Waals surface area contributed by atoms with Crippen LogP contribution in [0.15, 0.2) is 62.2 Å². The highest BCUT2D eigenvalue weighted by molar-refractivity contribution is 9.10. The Kier molecular flexibility index (Phi) is 6.72. The minimum atomic E-state index is -0.835. The number of halogens is 1. The first-order valence-electron chi connectivity index (χ1n) is 9.51. The molecule has 0 unspecified atom stereocenters. The highest BCUT2D eigenvalue weighted by atomic mass is 79.9. The van der Waals surface area contributed by atoms with E-state index >= 15 is 0 Å². The van der Waals surface area contributed by atoms with Gasteiger partial charge in [0.1, 0.15) is 18.2 Å². The average molecular weight is 472 g/mol. The highest BCUT2D eigenvalue weighted by Gasteiger charge is 2.27. The summed E-state index contributed by atoms with van der Waals surface area (Å²) in [5.41, 5.74) is 1.86. The molecule has 6 nitrogen and oxygen atoms in total. The van der Waals surface area contributed by atoms with Gasteiger partial charge in [0, 0.05) is 21.5 Å². The second kappa shape index (κ2) is 9.26. The maximum atomic E-state index is 12.7. The van der Waals surface area contributed by atoms with E-state index in [1.165, 1.54) is 6.07 Å². The number of amides is 1. The molecule has 1 heterocycles. The third kappa shape index (κ3) is 4.97. The normalized spacial score (nSPS) is 12.0. The highest BCUT2D eigenvalue weighted by Crippen LogP contribution is 2.20. The molecule has 7 heteroatoms. The molecular formula is C23H22BrNO5. The number of hydrogen-bond donors (Lipinski definition) is 1. The van der Waals surface area contributed by atoms with Crippen LogP contribution in [0.5, 0.6) is 0 Å². The van der Waals surface area contributed by atoms with Gasteiger partial charge >= 0.3 is 11.6 Å². The summed E-state index contributed by atoms with van der Waals surface area (Å²) in [6, 6.07) is 12.9. The number of nitrogens with one attached hydrogen (secondary N) is 1. The van der Waals surface area contributed by atoms with Crippen molar-refractivity contribution in [2.45, 2.75) is 33.4 Å². The van der Waals surface area contributed by atoms with Crippen LogP contribution in [0.4, 0.5) is 0 Å². The summed E-state index contributed by atoms with van der Waals surface area (Å²) in [5, 5.41) is 3.44. The van der Waals surface area contributed by atoms with Crippen molar-refractivity contribution in [2.24, 2.45) is 5.92 Å². The predicted molar refractivity (Wildman–Crippen MR) is 117 cm³/mol. The lowest BCUT2D eigenvalue weighted by Gasteiger charge is -2.21. The molecule has 0 fully saturated rings. The van der Waals surface area contributed by atoms with Crippen molar-refractivity contribution >= 4 is 38.8 Å². The number of aryl methyl sites for hydroxylation is 1. The van der Waals surface area contributed by atoms with Crippen molar-refractivity contribution in [2.75, 3.05) is 0 Å². The fourth-order valence-corrected chi connectivity index (χ4v) is 3.52. The van der Waals surface area contributed by atoms with Gasteiger partial charge in [0.2, 0.25) is 0 Å². The first-order valence-corrected chi connectivity index (χ1v) is 10.3. The average Bonchev–Trinajstić information content (AvgIpc) is 2.69. The van der Waals surface area contributed by atoms with Crippen molar-refractivity contribution in [3.63, 3.8) is 0 Å². The third-order valence-electron chi connectivity index (χ3n) is 4.68. The number of esters is 1. The molecule has 0 radical (unpaired) electrons. The van der Waals surface area contributed by atoms with Crippen LogP contribution < -0.4 is 10.9 Å². The van der Waals surface area contributed by atoms with Gasteiger partial charge in [-0.25, -0.2) is 9.59 Å². The Labute approximate surface area is 182 Å². The van der Waals surface area contributed by atoms with Gasteiger partial charge < -0.3 is 14.5 Å². The monoisotopic (exact) mass is 471 g/mol. The maximum Gasteiger partial charge on any atom is 0.336 e. The van der Waals surface area contributed by atoms with Gasteiger partial charge in [0.05, 0.1) is 5.56 Å². The van der Waals surface area contributed by atoms with E-state index in [2.05, 4.69) is 21.2 Å². The van der Waals surface area contributed by atoms with Gasteiger partial charge in [-0.2, -0.15) is 0 Å². The molecule has 0 saturated carbocycles. The second-order valence-corrected chi connectivity index (χ2v) is 8.23. The Balaban J connectivity index is 1.76. The quantitative estimate of drug-likeness (QED) is 0.426. The molecule has 1 atom stereocenters. The molecule has 1 N–H and O–H groups in total. The fourth-order valence-electron chi connectivity index (χ4n) is 3.06. The van der Waals surface area contributed by atoms with Crippen LogP contribution in [0, 0.1) is 12.8 Å². The van der Waals surface area contributed by atoms with Crippen LogP contribution in [0.25, 0.3) is 11.0 Å². The van der Waals surface area contributed by atoms with Crippen molar-refractivity contribution in [3.8, 4) is 0 Å². The molecule has 156 valence electrons. The first-order chi connectivity index (χ1) is 14.3. The Morgan fingerprint density at radius 1 is 1.13 bits per heavy atom. The van der Waals surface area contributed by atoms with Crippen molar-refractivity contribution < 1.29 is 18.7 Å². The van der Waals surface area contributed by atoms with E-state index in [0.29, 0.717) is 26.6 Å². The maximum absolute atomic E-state index is 12.7. The molecule has 0 aliphatic carbocycles. The minimum absolute atomic E-state index is 0.0991. The van der Waals surface area contributed by atoms with E-state index in [1.54, 1.807) is 30.3 Å². The zero-order valence-electron chi connectivity index (χ0n) is 16.9. The van der Waals surface area contributed by atoms with Gasteiger partial charge in [-0.1, -0.05) is 38.1 Å². The molecular weight excluding hydrogens is 450 g/mol. The number of ether oxygens (including phenoxy) is 1. The zero-order chi connectivity index (χ0) is 21.8. The standard InChI is InChI=1S/C23H22BrNO5/c1-13(2)21(25-22(27)17-6-4-5-7-18(17)24)23(28)29-12-15-11-20(26)30-19-10-14(3)8-9-16(15)19/h4-11,13,21H,12H2,1-3H3,(H,25,27)/t21-/m0/s1. The van der Waals surface area contributed by atoms with Crippen LogP contribution in [-0.4, -0.2) is 17.9 Å². The van der Waals surface area contributed by atoms with Gasteiger partial charge in [0.15, 0.2) is 0 Å². The second-order valence-electron chi connectivity index (χ2n) is 7.37. The number of rotatable bonds is 6. The summed E-state index contributed by atoms with van der Waals surface area (Å²) in [6.45, 7) is 5.44. The summed E-state index contributed by atoms with van der Waals surface area (Å²) >= 11 is 3.34. The molecule has 0 spiro atoms. The molecule has 30 heavy (non-hydrogen) atoms. The van der Waals surface area contributed by atoms with Crippen molar-refractivity contribution in [1.82, 2.24) is 5.32 Å². The number of hydrogen-bond acceptors (Lipinski definition) is 5. The van der Waals surface area contributed by atoms with Crippen LogP contribution >= 0.6 is 15.9 Å². The molecule has 2 aromatic carbocycles. The first kappa shape index (κ1) is 21.8. The molecule has 0 aliphatic heterocycles. The van der Waals surface area contributed by atoms with Gasteiger partial charge in [-0.05, 0) is 52.5 Å². The Morgan fingerprint density at radius 3 is 2.57 bits per heavy atom. The Bertz CT molecular complexity index is 1150. The molecule has 0 saturated heterocycles. The van der Waals surface area contributed by atoms with Crippen LogP contribution in [0.3, 0.4) is 0 Å². The van der Waals surface area contributed by atoms with Crippen molar-refractivity contribution in [1.29, 1.82) is 0 Å². The summed E-state index contributed by atoms with van der Waals surface area (Å²) < 4.78 is 11.3. The van der Waals surface area contributed by atoms with E-state index in [1.807, 2.05) is 32.9 Å². The summed E-state index contributed by atoms with van der Waals surface area (Å²) in [6.07, 6.45) is 0. The topological polar surface area (TPSA) is 85.6 Å². The molecule has 0 bridgehead atoms. The lowest BCUT2D eigenvalue weighted by Crippen LogP contribution is -2.45. The largest absolute Gasteiger partial charge is 0.459 e. The van der Waals surface area contributed by atoms with Crippen LogP contribution in [0.2, 0.25) is 0 Å². The molecule has 0 aliphatic rings. The lowest BCUT2D eigenvalue weighted by atomic mass is 10.0. The SMILES string of the molecule is Cc1ccc2c(COC(=O)[C@@H](NC(=O)c3ccccc3Br)C(C)C)cc(=O)oc2c1. The number of fused-ring (bicyclic) bond motifs is 1. The van der Waals surface area contributed by atoms with E-state index in [0.717, 1.165) is 5.56 Å². The van der Waals surface area contributed by atoms with Crippen LogP contribution in [-0.2, 0) is 16.1 Å². The van der Waals surface area contributed by atoms with Crippen molar-refractivity contribution in [3.05, 3.63) is 80.1 Å². The van der Waals surface area contributed by atoms with Crippen LogP contribution in [0.1, 0.15) is 35.3 Å². The smallest absolute Gasteiger partial charge is 0.336 e. The number of carbonyl (C=O) groups excluding carboxylic acids is 2. The lowest BCUT2D eigenvalue weighted by molar-refractivity contribution is -0.148. The van der Waals surface area contributed by atoms with Gasteiger partial charge in [-0.15, -0.1) is 0 Å². The third-order valence-corrected chi connectivity index (χ3v) is 5.37. The molecule has 3 aromatic rings. The summed E-state index contributed by atoms with van der Waals surface area (Å²) in [4.78, 5) is 37.2. The summed E-state index contributed by atoms with van der Waals surface area (Å²) in [5.74, 6) is -1.14. The fraction of sp³-hybridized carbons (Fsp3) is 0.261. The minimum Gasteiger partial charge on any atom is -0.459 e. The molecule has 3 rings (SSSR count). The predicted octanol–water partition coefficient (Wildman–Crippen LogP) is 4.36. The van der Waals surface area contributed by atoms with E-state index in [-0.39, 0.29) is 18.4 Å². The van der Waals surface area contributed by atoms with Gasteiger partial charge in [0.25, 0.3) is 5.91 Å². The Morgan fingerprint density at radius 2 is 1.87 bits per heavy atom. The zero-order valence-corrected chi connectivity index (χ0v) is 18.5. The number of carbonyl (C=O) groups is 2. The van der Waals surface area contributed by atoms with Gasteiger partial charge in [-0.3, -0.25) is 4.79 Å². The summed E-state index contributed by atoms with van der Waals surface area (Å²) in [7, 11) is 0. The van der Waals surface area contributed by atoms with E-state index in [9.17, 15) is 14.4 Å². The Hall–Kier alpha value is -2.93. The van der Waals surface area contributed by atoms with E-state index < -0.39 is 17.6 Å². The molecule has 1 aromatic heterocycles.